The summed E-state index contributed by atoms with van der Waals surface area (Å²) < 4.78 is 34.8. The molecule has 126 valence electrons. The van der Waals surface area contributed by atoms with Crippen LogP contribution in [0, 0.1) is 6.92 Å². The topological polar surface area (TPSA) is 72.7 Å². The van der Waals surface area contributed by atoms with Gasteiger partial charge in [0.1, 0.15) is 16.3 Å². The van der Waals surface area contributed by atoms with Crippen LogP contribution in [0.4, 0.5) is 0 Å². The van der Waals surface area contributed by atoms with Crippen LogP contribution in [0.15, 0.2) is 47.5 Å². The lowest BCUT2D eigenvalue weighted by atomic mass is 10.3. The van der Waals surface area contributed by atoms with Crippen molar-refractivity contribution in [2.45, 2.75) is 18.4 Å². The Hall–Kier alpha value is -2.09. The molecule has 0 radical (unpaired) electrons. The van der Waals surface area contributed by atoms with E-state index in [1.165, 1.54) is 19.2 Å². The van der Waals surface area contributed by atoms with Gasteiger partial charge in [0.05, 0.1) is 25.0 Å². The summed E-state index contributed by atoms with van der Waals surface area (Å²) in [6.07, 6.45) is 1.85. The number of nitrogens with zero attached hydrogens (tertiary/aromatic N) is 2. The Morgan fingerprint density at radius 2 is 2.08 bits per heavy atom. The number of ether oxygens (including phenoxy) is 1. The number of aromatic nitrogens is 2. The van der Waals surface area contributed by atoms with E-state index in [1.807, 2.05) is 35.7 Å². The van der Waals surface area contributed by atoms with Gasteiger partial charge in [0.15, 0.2) is 0 Å². The molecule has 1 N–H and O–H groups in total. The predicted octanol–water partition coefficient (Wildman–Crippen LogP) is 2.78. The van der Waals surface area contributed by atoms with Crippen LogP contribution >= 0.6 is 11.6 Å². The fraction of sp³-hybridized carbons (Fsp3) is 0.188. The fourth-order valence-electron chi connectivity index (χ4n) is 2.48. The van der Waals surface area contributed by atoms with Crippen molar-refractivity contribution in [3.63, 3.8) is 0 Å². The van der Waals surface area contributed by atoms with E-state index in [4.69, 9.17) is 16.3 Å². The van der Waals surface area contributed by atoms with E-state index in [0.29, 0.717) is 5.02 Å². The zero-order valence-corrected chi connectivity index (χ0v) is 14.7. The summed E-state index contributed by atoms with van der Waals surface area (Å²) >= 11 is 5.92. The third-order valence-corrected chi connectivity index (χ3v) is 5.33. The maximum absolute atomic E-state index is 12.6. The summed E-state index contributed by atoms with van der Waals surface area (Å²) in [4.78, 5) is 4.42. The molecule has 0 unspecified atom stereocenters. The number of aryl methyl sites for hydroxylation is 1. The van der Waals surface area contributed by atoms with Crippen LogP contribution in [0.25, 0.3) is 5.65 Å². The third-order valence-electron chi connectivity index (χ3n) is 3.67. The zero-order valence-electron chi connectivity index (χ0n) is 13.2. The van der Waals surface area contributed by atoms with Gasteiger partial charge >= 0.3 is 0 Å². The van der Waals surface area contributed by atoms with Crippen LogP contribution in [0.1, 0.15) is 11.4 Å². The summed E-state index contributed by atoms with van der Waals surface area (Å²) in [5, 5.41) is 0.321. The monoisotopic (exact) mass is 365 g/mol. The number of imidazole rings is 1. The fourth-order valence-corrected chi connectivity index (χ4v) is 3.90. The van der Waals surface area contributed by atoms with E-state index in [-0.39, 0.29) is 17.2 Å². The van der Waals surface area contributed by atoms with Gasteiger partial charge in [-0.25, -0.2) is 18.1 Å². The Bertz CT molecular complexity index is 999. The maximum atomic E-state index is 12.6. The lowest BCUT2D eigenvalue weighted by Gasteiger charge is -2.11. The maximum Gasteiger partial charge on any atom is 0.244 e. The first-order valence-corrected chi connectivity index (χ1v) is 9.04. The van der Waals surface area contributed by atoms with E-state index in [2.05, 4.69) is 9.71 Å². The molecule has 24 heavy (non-hydrogen) atoms. The van der Waals surface area contributed by atoms with Gasteiger partial charge in [-0.15, -0.1) is 0 Å². The standard InChI is InChI=1S/C16H16ClN3O3S/c1-11-13(20-8-4-3-5-16(20)19-11)10-18-24(21,22)15-9-12(17)6-7-14(15)23-2/h3-9,18H,10H2,1-2H3. The molecule has 3 aromatic rings. The second-order valence-electron chi connectivity index (χ2n) is 5.19. The van der Waals surface area contributed by atoms with Gasteiger partial charge in [-0.1, -0.05) is 17.7 Å². The summed E-state index contributed by atoms with van der Waals surface area (Å²) in [6.45, 7) is 1.95. The molecule has 0 amide bonds. The number of fused-ring (bicyclic) bond motifs is 1. The van der Waals surface area contributed by atoms with Crippen molar-refractivity contribution >= 4 is 27.3 Å². The SMILES string of the molecule is COc1ccc(Cl)cc1S(=O)(=O)NCc1c(C)nc2ccccn12. The van der Waals surface area contributed by atoms with Crippen LogP contribution in [-0.4, -0.2) is 24.9 Å². The third kappa shape index (κ3) is 3.10. The second-order valence-corrected chi connectivity index (χ2v) is 7.36. The number of hydrogen-bond acceptors (Lipinski definition) is 4. The van der Waals surface area contributed by atoms with Gasteiger partial charge in [-0.2, -0.15) is 0 Å². The van der Waals surface area contributed by atoms with Crippen molar-refractivity contribution in [2.24, 2.45) is 0 Å². The molecule has 8 heteroatoms. The Balaban J connectivity index is 1.93. The average Bonchev–Trinajstić information content (AvgIpc) is 2.88. The number of nitrogens with one attached hydrogen (secondary N) is 1. The molecule has 1 aromatic carbocycles. The number of methoxy groups -OCH3 is 1. The van der Waals surface area contributed by atoms with Gasteiger partial charge < -0.3 is 9.14 Å². The van der Waals surface area contributed by atoms with Crippen molar-refractivity contribution in [3.05, 3.63) is 59.0 Å². The molecule has 0 fully saturated rings. The van der Waals surface area contributed by atoms with Crippen LogP contribution in [0.2, 0.25) is 5.02 Å². The van der Waals surface area contributed by atoms with Crippen molar-refractivity contribution in [3.8, 4) is 5.75 Å². The highest BCUT2D eigenvalue weighted by Crippen LogP contribution is 2.27. The van der Waals surface area contributed by atoms with Crippen molar-refractivity contribution in [2.75, 3.05) is 7.11 Å². The van der Waals surface area contributed by atoms with Gasteiger partial charge in [0.25, 0.3) is 0 Å². The van der Waals surface area contributed by atoms with Crippen LogP contribution in [-0.2, 0) is 16.6 Å². The number of hydrogen-bond donors (Lipinski definition) is 1. The first kappa shape index (κ1) is 16.8. The quantitative estimate of drug-likeness (QED) is 0.754. The summed E-state index contributed by atoms with van der Waals surface area (Å²) in [7, 11) is -2.37. The van der Waals surface area contributed by atoms with Crippen LogP contribution < -0.4 is 9.46 Å². The minimum Gasteiger partial charge on any atom is -0.495 e. The summed E-state index contributed by atoms with van der Waals surface area (Å²) in [5.41, 5.74) is 2.31. The zero-order chi connectivity index (χ0) is 17.3. The Morgan fingerprint density at radius 3 is 2.83 bits per heavy atom. The molecule has 6 nitrogen and oxygen atoms in total. The van der Waals surface area contributed by atoms with E-state index < -0.39 is 10.0 Å². The largest absolute Gasteiger partial charge is 0.495 e. The van der Waals surface area contributed by atoms with Crippen LogP contribution in [0.3, 0.4) is 0 Å². The smallest absolute Gasteiger partial charge is 0.244 e. The number of halogens is 1. The van der Waals surface area contributed by atoms with E-state index in [0.717, 1.165) is 17.0 Å². The highest BCUT2D eigenvalue weighted by atomic mass is 35.5. The molecule has 0 saturated heterocycles. The summed E-state index contributed by atoms with van der Waals surface area (Å²) in [6, 6.07) is 10.1. The van der Waals surface area contributed by atoms with Crippen molar-refractivity contribution < 1.29 is 13.2 Å². The molecular formula is C16H16ClN3O3S. The molecule has 0 bridgehead atoms. The lowest BCUT2D eigenvalue weighted by Crippen LogP contribution is -2.24. The van der Waals surface area contributed by atoms with E-state index in [1.54, 1.807) is 6.07 Å². The number of sulfonamides is 1. The molecule has 3 rings (SSSR count). The first-order chi connectivity index (χ1) is 11.4. The molecule has 2 heterocycles. The molecule has 0 aliphatic carbocycles. The van der Waals surface area contributed by atoms with Gasteiger partial charge in [-0.05, 0) is 37.3 Å². The van der Waals surface area contributed by atoms with Crippen molar-refractivity contribution in [1.82, 2.24) is 14.1 Å². The second kappa shape index (κ2) is 6.43. The summed E-state index contributed by atoms with van der Waals surface area (Å²) in [5.74, 6) is 0.238. The Kier molecular flexibility index (Phi) is 4.49. The first-order valence-electron chi connectivity index (χ1n) is 7.18. The molecule has 0 atom stereocenters. The average molecular weight is 366 g/mol. The van der Waals surface area contributed by atoms with Gasteiger partial charge in [-0.3, -0.25) is 0 Å². The Morgan fingerprint density at radius 1 is 1.29 bits per heavy atom. The molecule has 0 aliphatic heterocycles. The highest BCUT2D eigenvalue weighted by Gasteiger charge is 2.21. The van der Waals surface area contributed by atoms with Crippen LogP contribution in [0.5, 0.6) is 5.75 Å². The minimum absolute atomic E-state index is 0.00368. The van der Waals surface area contributed by atoms with Gasteiger partial charge in [0.2, 0.25) is 10.0 Å². The Labute approximate surface area is 145 Å². The lowest BCUT2D eigenvalue weighted by molar-refractivity contribution is 0.402. The predicted molar refractivity (Wildman–Crippen MR) is 92.0 cm³/mol. The minimum atomic E-state index is -3.79. The molecule has 0 aliphatic rings. The van der Waals surface area contributed by atoms with Gasteiger partial charge in [0, 0.05) is 11.2 Å². The number of pyridine rings is 1. The molecular weight excluding hydrogens is 350 g/mol. The van der Waals surface area contributed by atoms with E-state index >= 15 is 0 Å². The molecule has 0 saturated carbocycles. The van der Waals surface area contributed by atoms with Crippen molar-refractivity contribution in [1.29, 1.82) is 0 Å². The molecule has 2 aromatic heterocycles. The molecule has 0 spiro atoms. The highest BCUT2D eigenvalue weighted by molar-refractivity contribution is 7.89. The number of rotatable bonds is 5. The normalized spacial score (nSPS) is 11.8. The van der Waals surface area contributed by atoms with E-state index in [9.17, 15) is 8.42 Å². The number of benzene rings is 1.